The van der Waals surface area contributed by atoms with Crippen molar-refractivity contribution < 1.29 is 23.2 Å². The van der Waals surface area contributed by atoms with Crippen LogP contribution in [-0.4, -0.2) is 43.4 Å². The van der Waals surface area contributed by atoms with Crippen LogP contribution in [0.2, 0.25) is 0 Å². The largest absolute Gasteiger partial charge is 0.504 e. The zero-order valence-electron chi connectivity index (χ0n) is 23.3. The van der Waals surface area contributed by atoms with Crippen LogP contribution < -0.4 is 4.74 Å². The molecule has 0 saturated heterocycles. The van der Waals surface area contributed by atoms with Crippen LogP contribution in [0.4, 0.5) is 4.79 Å². The molecule has 0 aliphatic carbocycles. The van der Waals surface area contributed by atoms with Crippen LogP contribution in [0.3, 0.4) is 0 Å². The highest BCUT2D eigenvalue weighted by atomic mass is 32.2. The number of pyridine rings is 1. The molecule has 0 radical (unpaired) electrons. The van der Waals surface area contributed by atoms with Gasteiger partial charge in [0.05, 0.1) is 35.4 Å². The third-order valence-corrected chi connectivity index (χ3v) is 8.04. The van der Waals surface area contributed by atoms with Gasteiger partial charge in [-0.05, 0) is 87.7 Å². The maximum atomic E-state index is 13.6. The molecule has 40 heavy (non-hydrogen) atoms. The molecule has 9 heteroatoms. The lowest BCUT2D eigenvalue weighted by Crippen LogP contribution is -2.42. The Morgan fingerprint density at radius 2 is 1.88 bits per heavy atom. The highest BCUT2D eigenvalue weighted by Crippen LogP contribution is 2.37. The number of aromatic nitrogens is 2. The lowest BCUT2D eigenvalue weighted by molar-refractivity contribution is 0.0159. The number of hydrogen-bond donors (Lipinski definition) is 0. The van der Waals surface area contributed by atoms with Crippen molar-refractivity contribution in [2.45, 2.75) is 50.7 Å². The molecule has 0 fully saturated rings. The van der Waals surface area contributed by atoms with Gasteiger partial charge in [-0.25, -0.2) is 18.0 Å². The Morgan fingerprint density at radius 1 is 1.10 bits per heavy atom. The highest BCUT2D eigenvalue weighted by molar-refractivity contribution is 7.83. The van der Waals surface area contributed by atoms with Crippen LogP contribution in [0, 0.1) is 0 Å². The van der Waals surface area contributed by atoms with E-state index in [-0.39, 0.29) is 12.1 Å². The molecule has 5 rings (SSSR count). The number of carbonyl (C=O) groups is 1. The molecule has 2 unspecified atom stereocenters. The summed E-state index contributed by atoms with van der Waals surface area (Å²) in [6, 6.07) is 18.7. The topological polar surface area (TPSA) is 82.9 Å². The maximum Gasteiger partial charge on any atom is 0.410 e. The number of nitrogens with zero attached hydrogens (tertiary/aromatic N) is 3. The number of ether oxygens (including phenoxy) is 3. The van der Waals surface area contributed by atoms with Crippen LogP contribution in [-0.2, 0) is 26.9 Å². The van der Waals surface area contributed by atoms with Crippen molar-refractivity contribution in [3.8, 4) is 11.5 Å². The fourth-order valence-electron chi connectivity index (χ4n) is 4.78. The van der Waals surface area contributed by atoms with E-state index in [1.54, 1.807) is 34.3 Å². The first-order valence-electron chi connectivity index (χ1n) is 13.1. The van der Waals surface area contributed by atoms with E-state index < -0.39 is 16.6 Å². The SMILES string of the molecule is CO/C=C/c1cc2c(Oc3ccc4c(c3)C(C)N(C(=O)OC(C)(C)C)CC4)ccnc2n1S(=O)c1ccccc1. The van der Waals surface area contributed by atoms with Crippen LogP contribution in [0.5, 0.6) is 11.5 Å². The monoisotopic (exact) mass is 559 g/mol. The Hall–Kier alpha value is -4.11. The van der Waals surface area contributed by atoms with Crippen LogP contribution in [0.25, 0.3) is 17.1 Å². The number of fused-ring (bicyclic) bond motifs is 2. The number of rotatable bonds is 6. The summed E-state index contributed by atoms with van der Waals surface area (Å²) < 4.78 is 32.5. The molecule has 0 bridgehead atoms. The van der Waals surface area contributed by atoms with Gasteiger partial charge in [-0.3, -0.25) is 0 Å². The smallest absolute Gasteiger partial charge is 0.410 e. The quantitative estimate of drug-likeness (QED) is 0.240. The van der Waals surface area contributed by atoms with E-state index in [2.05, 4.69) is 4.98 Å². The molecule has 1 aliphatic rings. The van der Waals surface area contributed by atoms with E-state index >= 15 is 0 Å². The van der Waals surface area contributed by atoms with Crippen LogP contribution in [0.15, 0.2) is 78.0 Å². The second-order valence-corrected chi connectivity index (χ2v) is 11.9. The van der Waals surface area contributed by atoms with Crippen molar-refractivity contribution in [3.63, 3.8) is 0 Å². The van der Waals surface area contributed by atoms with Gasteiger partial charge in [-0.2, -0.15) is 0 Å². The van der Waals surface area contributed by atoms with E-state index in [4.69, 9.17) is 14.2 Å². The number of hydrogen-bond acceptors (Lipinski definition) is 6. The van der Waals surface area contributed by atoms with Gasteiger partial charge in [0.1, 0.15) is 17.1 Å². The molecule has 2 aromatic heterocycles. The van der Waals surface area contributed by atoms with Gasteiger partial charge in [0.15, 0.2) is 16.6 Å². The molecule has 0 N–H and O–H groups in total. The summed E-state index contributed by atoms with van der Waals surface area (Å²) in [5.74, 6) is 1.21. The van der Waals surface area contributed by atoms with E-state index in [0.29, 0.717) is 39.7 Å². The second kappa shape index (κ2) is 11.2. The van der Waals surface area contributed by atoms with E-state index in [1.165, 1.54) is 11.8 Å². The minimum Gasteiger partial charge on any atom is -0.504 e. The molecule has 0 spiro atoms. The van der Waals surface area contributed by atoms with E-state index in [1.807, 2.05) is 82.3 Å². The standard InChI is InChI=1S/C31H33N3O5S/c1-21-26-20-24(12-11-22(26)14-17-33(21)30(35)39-31(2,3)4)38-28-13-16-32-29-27(28)19-23(15-18-37-5)34(29)40(36)25-9-7-6-8-10-25/h6-13,15-16,18-21H,14,17H2,1-5H3/b18-15+. The summed E-state index contributed by atoms with van der Waals surface area (Å²) in [5.41, 5.74) is 2.82. The van der Waals surface area contributed by atoms with E-state index in [9.17, 15) is 9.00 Å². The number of carbonyl (C=O) groups excluding carboxylic acids is 1. The normalized spacial score (nSPS) is 16.1. The Balaban J connectivity index is 1.50. The Morgan fingerprint density at radius 3 is 2.60 bits per heavy atom. The summed E-state index contributed by atoms with van der Waals surface area (Å²) >= 11 is 0. The Bertz CT molecular complexity index is 1590. The second-order valence-electron chi connectivity index (χ2n) is 10.6. The minimum absolute atomic E-state index is 0.167. The molecule has 1 aliphatic heterocycles. The molecular formula is C31H33N3O5S. The summed E-state index contributed by atoms with van der Waals surface area (Å²) in [4.78, 5) is 19.8. The summed E-state index contributed by atoms with van der Waals surface area (Å²) in [5, 5.41) is 0.712. The molecule has 2 aromatic carbocycles. The van der Waals surface area contributed by atoms with Gasteiger partial charge in [-0.15, -0.1) is 0 Å². The zero-order chi connectivity index (χ0) is 28.4. The lowest BCUT2D eigenvalue weighted by atomic mass is 9.93. The summed E-state index contributed by atoms with van der Waals surface area (Å²) in [6.45, 7) is 8.21. The van der Waals surface area contributed by atoms with Crippen LogP contribution in [0.1, 0.15) is 50.6 Å². The predicted molar refractivity (Wildman–Crippen MR) is 156 cm³/mol. The van der Waals surface area contributed by atoms with Gasteiger partial charge >= 0.3 is 6.09 Å². The van der Waals surface area contributed by atoms with Gasteiger partial charge in [0.2, 0.25) is 0 Å². The average Bonchev–Trinajstić information content (AvgIpc) is 3.30. The number of amides is 1. The highest BCUT2D eigenvalue weighted by Gasteiger charge is 2.31. The van der Waals surface area contributed by atoms with Crippen molar-refractivity contribution in [3.05, 3.63) is 89.9 Å². The fourth-order valence-corrected chi connectivity index (χ4v) is 5.99. The zero-order valence-corrected chi connectivity index (χ0v) is 24.1. The minimum atomic E-state index is -1.54. The molecule has 3 heterocycles. The molecule has 0 saturated carbocycles. The maximum absolute atomic E-state index is 13.6. The number of benzene rings is 2. The van der Waals surface area contributed by atoms with Crippen molar-refractivity contribution in [1.82, 2.24) is 13.9 Å². The first-order chi connectivity index (χ1) is 19.2. The van der Waals surface area contributed by atoms with Crippen molar-refractivity contribution in [2.24, 2.45) is 0 Å². The van der Waals surface area contributed by atoms with Gasteiger partial charge in [0, 0.05) is 12.7 Å². The third kappa shape index (κ3) is 5.60. The van der Waals surface area contributed by atoms with Crippen molar-refractivity contribution in [1.29, 1.82) is 0 Å². The molecule has 8 nitrogen and oxygen atoms in total. The molecule has 208 valence electrons. The lowest BCUT2D eigenvalue weighted by Gasteiger charge is -2.36. The average molecular weight is 560 g/mol. The molecule has 2 atom stereocenters. The third-order valence-electron chi connectivity index (χ3n) is 6.65. The van der Waals surface area contributed by atoms with Crippen molar-refractivity contribution in [2.75, 3.05) is 13.7 Å². The fraction of sp³-hybridized carbons (Fsp3) is 0.290. The van der Waals surface area contributed by atoms with Gasteiger partial charge in [-0.1, -0.05) is 24.3 Å². The van der Waals surface area contributed by atoms with Gasteiger partial charge in [0.25, 0.3) is 0 Å². The molecule has 1 amide bonds. The first-order valence-corrected chi connectivity index (χ1v) is 14.2. The van der Waals surface area contributed by atoms with Crippen LogP contribution >= 0.6 is 0 Å². The first kappa shape index (κ1) is 27.5. The van der Waals surface area contributed by atoms with E-state index in [0.717, 1.165) is 12.0 Å². The summed E-state index contributed by atoms with van der Waals surface area (Å²) in [6.07, 6.45) is 5.34. The molecule has 4 aromatic rings. The Kier molecular flexibility index (Phi) is 7.67. The Labute approximate surface area is 236 Å². The van der Waals surface area contributed by atoms with Crippen molar-refractivity contribution >= 4 is 34.2 Å². The summed E-state index contributed by atoms with van der Waals surface area (Å²) in [7, 11) is 0.0208. The van der Waals surface area contributed by atoms with Gasteiger partial charge < -0.3 is 19.1 Å². The predicted octanol–water partition coefficient (Wildman–Crippen LogP) is 6.87. The molecular weight excluding hydrogens is 526 g/mol. The number of methoxy groups -OCH3 is 1.